The van der Waals surface area contributed by atoms with Gasteiger partial charge >= 0.3 is 5.97 Å². The first-order chi connectivity index (χ1) is 11.3. The normalized spacial score (nSPS) is 11.7. The fourth-order valence-electron chi connectivity index (χ4n) is 1.84. The lowest BCUT2D eigenvalue weighted by Crippen LogP contribution is -2.30. The van der Waals surface area contributed by atoms with Crippen LogP contribution in [0.1, 0.15) is 17.3 Å². The van der Waals surface area contributed by atoms with Crippen LogP contribution >= 0.6 is 34.8 Å². The first-order valence-electron chi connectivity index (χ1n) is 6.80. The number of amides is 1. The monoisotopic (exact) mass is 386 g/mol. The van der Waals surface area contributed by atoms with Crippen LogP contribution in [0.4, 0.5) is 11.4 Å². The van der Waals surface area contributed by atoms with E-state index >= 15 is 0 Å². The lowest BCUT2D eigenvalue weighted by molar-refractivity contribution is -0.123. The molecular formula is C16H13Cl3N2O3. The van der Waals surface area contributed by atoms with Crippen molar-refractivity contribution in [3.05, 3.63) is 57.0 Å². The zero-order valence-electron chi connectivity index (χ0n) is 12.5. The van der Waals surface area contributed by atoms with Gasteiger partial charge in [0.1, 0.15) is 0 Å². The van der Waals surface area contributed by atoms with Crippen LogP contribution in [0.2, 0.25) is 15.1 Å². The van der Waals surface area contributed by atoms with E-state index in [1.807, 2.05) is 0 Å². The van der Waals surface area contributed by atoms with Crippen LogP contribution in [-0.4, -0.2) is 18.0 Å². The molecule has 1 amide bonds. The molecule has 0 aliphatic heterocycles. The third-order valence-electron chi connectivity index (χ3n) is 3.10. The summed E-state index contributed by atoms with van der Waals surface area (Å²) in [7, 11) is 0. The van der Waals surface area contributed by atoms with Gasteiger partial charge in [0.05, 0.1) is 21.3 Å². The molecule has 0 bridgehead atoms. The van der Waals surface area contributed by atoms with E-state index in [-0.39, 0.29) is 27.0 Å². The van der Waals surface area contributed by atoms with Crippen molar-refractivity contribution in [2.24, 2.45) is 0 Å². The van der Waals surface area contributed by atoms with Crippen molar-refractivity contribution in [3.63, 3.8) is 0 Å². The Hall–Kier alpha value is -1.95. The highest BCUT2D eigenvalue weighted by Gasteiger charge is 2.22. The Balaban J connectivity index is 2.07. The second kappa shape index (κ2) is 7.75. The number of ether oxygens (including phenoxy) is 1. The number of hydrogen-bond donors (Lipinski definition) is 2. The van der Waals surface area contributed by atoms with Gasteiger partial charge in [0.15, 0.2) is 6.10 Å². The van der Waals surface area contributed by atoms with Crippen molar-refractivity contribution in [2.45, 2.75) is 13.0 Å². The van der Waals surface area contributed by atoms with Crippen molar-refractivity contribution in [1.82, 2.24) is 0 Å². The van der Waals surface area contributed by atoms with Crippen LogP contribution in [0.5, 0.6) is 0 Å². The van der Waals surface area contributed by atoms with Gasteiger partial charge in [-0.1, -0.05) is 40.9 Å². The highest BCUT2D eigenvalue weighted by atomic mass is 35.5. The van der Waals surface area contributed by atoms with E-state index in [1.54, 1.807) is 18.2 Å². The summed E-state index contributed by atoms with van der Waals surface area (Å²) in [5.74, 6) is -1.32. The van der Waals surface area contributed by atoms with Crippen LogP contribution in [0.15, 0.2) is 36.4 Å². The Morgan fingerprint density at radius 1 is 1.12 bits per heavy atom. The minimum atomic E-state index is -1.08. The van der Waals surface area contributed by atoms with E-state index in [2.05, 4.69) is 5.32 Å². The molecule has 0 saturated heterocycles. The Morgan fingerprint density at radius 2 is 1.75 bits per heavy atom. The number of nitrogens with two attached hydrogens (primary N) is 1. The number of nitrogens with one attached hydrogen (secondary N) is 1. The summed E-state index contributed by atoms with van der Waals surface area (Å²) in [6.07, 6.45) is -1.08. The third kappa shape index (κ3) is 4.32. The van der Waals surface area contributed by atoms with Gasteiger partial charge in [-0.3, -0.25) is 4.79 Å². The smallest absolute Gasteiger partial charge is 0.341 e. The molecule has 0 aliphatic carbocycles. The molecule has 8 heteroatoms. The molecule has 0 unspecified atom stereocenters. The Labute approximate surface area is 153 Å². The van der Waals surface area contributed by atoms with Gasteiger partial charge in [-0.25, -0.2) is 4.79 Å². The number of para-hydroxylation sites is 1. The van der Waals surface area contributed by atoms with Gasteiger partial charge in [0.25, 0.3) is 5.91 Å². The van der Waals surface area contributed by atoms with E-state index in [0.717, 1.165) is 0 Å². The number of halogens is 3. The topological polar surface area (TPSA) is 81.4 Å². The van der Waals surface area contributed by atoms with Crippen molar-refractivity contribution in [2.75, 3.05) is 11.1 Å². The number of hydrogen-bond acceptors (Lipinski definition) is 4. The quantitative estimate of drug-likeness (QED) is 0.601. The van der Waals surface area contributed by atoms with E-state index in [4.69, 9.17) is 45.3 Å². The van der Waals surface area contributed by atoms with E-state index < -0.39 is 18.0 Å². The number of carbonyl (C=O) groups is 2. The van der Waals surface area contributed by atoms with E-state index in [1.165, 1.54) is 25.1 Å². The van der Waals surface area contributed by atoms with Crippen LogP contribution in [0, 0.1) is 0 Å². The summed E-state index contributed by atoms with van der Waals surface area (Å²) in [4.78, 5) is 24.3. The molecule has 2 aromatic carbocycles. The van der Waals surface area contributed by atoms with Gasteiger partial charge in [-0.05, 0) is 37.3 Å². The first kappa shape index (κ1) is 18.4. The average molecular weight is 388 g/mol. The molecule has 0 radical (unpaired) electrons. The SMILES string of the molecule is C[C@@H](OC(=O)c1ccc(Cl)cc1N)C(=O)Nc1c(Cl)cccc1Cl. The molecule has 2 aromatic rings. The highest BCUT2D eigenvalue weighted by Crippen LogP contribution is 2.30. The summed E-state index contributed by atoms with van der Waals surface area (Å²) in [6, 6.07) is 9.15. The zero-order chi connectivity index (χ0) is 17.9. The predicted octanol–water partition coefficient (Wildman–Crippen LogP) is 4.41. The molecule has 0 saturated carbocycles. The lowest BCUT2D eigenvalue weighted by atomic mass is 10.2. The molecule has 3 N–H and O–H groups in total. The van der Waals surface area contributed by atoms with Crippen LogP contribution in [0.3, 0.4) is 0 Å². The third-order valence-corrected chi connectivity index (χ3v) is 3.96. The maximum absolute atomic E-state index is 12.2. The van der Waals surface area contributed by atoms with Crippen molar-refractivity contribution in [3.8, 4) is 0 Å². The van der Waals surface area contributed by atoms with Gasteiger partial charge < -0.3 is 15.8 Å². The lowest BCUT2D eigenvalue weighted by Gasteiger charge is -2.15. The predicted molar refractivity (Wildman–Crippen MR) is 95.8 cm³/mol. The molecule has 0 aromatic heterocycles. The molecule has 0 aliphatic rings. The second-order valence-electron chi connectivity index (χ2n) is 4.87. The first-order valence-corrected chi connectivity index (χ1v) is 7.94. The number of esters is 1. The molecule has 24 heavy (non-hydrogen) atoms. The highest BCUT2D eigenvalue weighted by molar-refractivity contribution is 6.39. The van der Waals surface area contributed by atoms with Crippen LogP contribution in [-0.2, 0) is 9.53 Å². The molecule has 5 nitrogen and oxygen atoms in total. The van der Waals surface area contributed by atoms with Crippen molar-refractivity contribution in [1.29, 1.82) is 0 Å². The standard InChI is InChI=1S/C16H13Cl3N2O3/c1-8(15(22)21-14-11(18)3-2-4-12(14)19)24-16(23)10-6-5-9(17)7-13(10)20/h2-8H,20H2,1H3,(H,21,22)/t8-/m1/s1. The fraction of sp³-hybridized carbons (Fsp3) is 0.125. The van der Waals surface area contributed by atoms with E-state index in [0.29, 0.717) is 5.02 Å². The summed E-state index contributed by atoms with van der Waals surface area (Å²) >= 11 is 17.7. The molecule has 0 heterocycles. The minimum absolute atomic E-state index is 0.120. The van der Waals surface area contributed by atoms with Gasteiger partial charge in [-0.2, -0.15) is 0 Å². The summed E-state index contributed by atoms with van der Waals surface area (Å²) in [5, 5.41) is 3.47. The molecule has 0 spiro atoms. The molecule has 1 atom stereocenters. The minimum Gasteiger partial charge on any atom is -0.449 e. The summed E-state index contributed by atoms with van der Waals surface area (Å²) in [6.45, 7) is 1.42. The molecule has 0 fully saturated rings. The van der Waals surface area contributed by atoms with Crippen molar-refractivity contribution >= 4 is 58.1 Å². The van der Waals surface area contributed by atoms with Gasteiger partial charge in [0.2, 0.25) is 0 Å². The Kier molecular flexibility index (Phi) is 5.94. The summed E-state index contributed by atoms with van der Waals surface area (Å²) in [5.41, 5.74) is 6.25. The number of benzene rings is 2. The number of rotatable bonds is 4. The molecule has 126 valence electrons. The van der Waals surface area contributed by atoms with Crippen LogP contribution in [0.25, 0.3) is 0 Å². The fourth-order valence-corrected chi connectivity index (χ4v) is 2.51. The zero-order valence-corrected chi connectivity index (χ0v) is 14.7. The van der Waals surface area contributed by atoms with Crippen molar-refractivity contribution < 1.29 is 14.3 Å². The van der Waals surface area contributed by atoms with Crippen LogP contribution < -0.4 is 11.1 Å². The Morgan fingerprint density at radius 3 is 2.33 bits per heavy atom. The number of nitrogen functional groups attached to an aromatic ring is 1. The van der Waals surface area contributed by atoms with Gasteiger partial charge in [-0.15, -0.1) is 0 Å². The maximum Gasteiger partial charge on any atom is 0.341 e. The Bertz CT molecular complexity index is 776. The largest absolute Gasteiger partial charge is 0.449 e. The second-order valence-corrected chi connectivity index (χ2v) is 6.12. The molecular weight excluding hydrogens is 375 g/mol. The maximum atomic E-state index is 12.2. The van der Waals surface area contributed by atoms with E-state index in [9.17, 15) is 9.59 Å². The summed E-state index contributed by atoms with van der Waals surface area (Å²) < 4.78 is 5.11. The number of carbonyl (C=O) groups excluding carboxylic acids is 2. The average Bonchev–Trinajstić information content (AvgIpc) is 2.50. The molecule has 2 rings (SSSR count). The number of anilines is 2. The van der Waals surface area contributed by atoms with Gasteiger partial charge in [0, 0.05) is 10.7 Å².